The Balaban J connectivity index is 1.79. The van der Waals surface area contributed by atoms with Crippen LogP contribution in [-0.4, -0.2) is 23.2 Å². The van der Waals surface area contributed by atoms with Crippen LogP contribution in [0.25, 0.3) is 11.6 Å². The zero-order chi connectivity index (χ0) is 21.3. The van der Waals surface area contributed by atoms with E-state index >= 15 is 0 Å². The molecule has 5 heteroatoms. The number of benzene rings is 2. The summed E-state index contributed by atoms with van der Waals surface area (Å²) < 4.78 is 4.90. The number of amides is 2. The van der Waals surface area contributed by atoms with Crippen LogP contribution in [0.15, 0.2) is 90.1 Å². The summed E-state index contributed by atoms with van der Waals surface area (Å²) in [6.07, 6.45) is 11.1. The van der Waals surface area contributed by atoms with Crippen LogP contribution in [0.4, 0.5) is 4.79 Å². The predicted octanol–water partition coefficient (Wildman–Crippen LogP) is 6.04. The third-order valence-corrected chi connectivity index (χ3v) is 5.39. The third kappa shape index (κ3) is 5.39. The van der Waals surface area contributed by atoms with Crippen molar-refractivity contribution in [1.82, 2.24) is 4.90 Å². The molecule has 152 valence electrons. The highest BCUT2D eigenvalue weighted by atomic mass is 32.2. The van der Waals surface area contributed by atoms with Gasteiger partial charge in [-0.3, -0.25) is 14.5 Å². The van der Waals surface area contributed by atoms with Crippen LogP contribution in [0.2, 0.25) is 0 Å². The van der Waals surface area contributed by atoms with Crippen molar-refractivity contribution in [2.24, 2.45) is 0 Å². The number of ether oxygens (including phenoxy) is 1. The van der Waals surface area contributed by atoms with Gasteiger partial charge in [-0.15, -0.1) is 0 Å². The molecule has 0 spiro atoms. The molecular formula is C25H23NO3S. The van der Waals surface area contributed by atoms with E-state index in [0.717, 1.165) is 34.0 Å². The molecule has 3 rings (SSSR count). The van der Waals surface area contributed by atoms with Crippen LogP contribution < -0.4 is 0 Å². The Morgan fingerprint density at radius 2 is 1.87 bits per heavy atom. The lowest BCUT2D eigenvalue weighted by Crippen LogP contribution is -2.27. The van der Waals surface area contributed by atoms with E-state index in [4.69, 9.17) is 4.74 Å². The fourth-order valence-electron chi connectivity index (χ4n) is 3.00. The molecule has 30 heavy (non-hydrogen) atoms. The monoisotopic (exact) mass is 417 g/mol. The normalized spacial score (nSPS) is 16.4. The van der Waals surface area contributed by atoms with Gasteiger partial charge in [-0.25, -0.2) is 0 Å². The molecule has 0 radical (unpaired) electrons. The van der Waals surface area contributed by atoms with E-state index in [9.17, 15) is 9.59 Å². The molecule has 0 aromatic heterocycles. The van der Waals surface area contributed by atoms with Gasteiger partial charge in [0.2, 0.25) is 0 Å². The summed E-state index contributed by atoms with van der Waals surface area (Å²) in [5.41, 5.74) is 3.87. The topological polar surface area (TPSA) is 46.6 Å². The standard InChI is InChI=1S/C25H23NO3S/c1-3-21(13-7-8-15-29-2)22-14-9-12-20(16-22)17-23-24(27)26(25(28)30-23)18-19-10-5-4-6-11-19/h3-17H,18H2,1-2H3/b13-7-,15-8+,21-3+,23-17-. The van der Waals surface area contributed by atoms with Gasteiger partial charge >= 0.3 is 0 Å². The lowest BCUT2D eigenvalue weighted by atomic mass is 10.0. The molecule has 0 bridgehead atoms. The van der Waals surface area contributed by atoms with Crippen molar-refractivity contribution < 1.29 is 14.3 Å². The summed E-state index contributed by atoms with van der Waals surface area (Å²) in [7, 11) is 1.60. The van der Waals surface area contributed by atoms with Crippen molar-refractivity contribution in [2.45, 2.75) is 13.5 Å². The number of nitrogens with zero attached hydrogens (tertiary/aromatic N) is 1. The largest absolute Gasteiger partial charge is 0.504 e. The van der Waals surface area contributed by atoms with E-state index in [2.05, 4.69) is 0 Å². The van der Waals surface area contributed by atoms with Gasteiger partial charge < -0.3 is 4.74 Å². The minimum atomic E-state index is -0.255. The molecule has 0 unspecified atom stereocenters. The molecule has 0 aliphatic carbocycles. The minimum Gasteiger partial charge on any atom is -0.504 e. The highest BCUT2D eigenvalue weighted by Gasteiger charge is 2.34. The molecule has 2 aromatic rings. The second-order valence-electron chi connectivity index (χ2n) is 6.55. The minimum absolute atomic E-state index is 0.242. The predicted molar refractivity (Wildman–Crippen MR) is 123 cm³/mol. The zero-order valence-corrected chi connectivity index (χ0v) is 17.8. The molecule has 0 N–H and O–H groups in total. The SMILES string of the molecule is C\C=C(/C=C\C=C\OC)c1cccc(/C=C2\SC(=O)N(Cc3ccccc3)C2=O)c1. The number of rotatable bonds is 7. The first kappa shape index (κ1) is 21.4. The van der Waals surface area contributed by atoms with Gasteiger partial charge in [-0.1, -0.05) is 66.8 Å². The summed E-state index contributed by atoms with van der Waals surface area (Å²) >= 11 is 0.982. The van der Waals surface area contributed by atoms with Crippen molar-refractivity contribution in [2.75, 3.05) is 7.11 Å². The summed E-state index contributed by atoms with van der Waals surface area (Å²) in [6.45, 7) is 2.26. The third-order valence-electron chi connectivity index (χ3n) is 4.49. The van der Waals surface area contributed by atoms with E-state index in [1.54, 1.807) is 19.4 Å². The number of imide groups is 1. The maximum Gasteiger partial charge on any atom is 0.293 e. The molecule has 1 aliphatic rings. The Bertz CT molecular complexity index is 1040. The van der Waals surface area contributed by atoms with Crippen molar-refractivity contribution in [3.05, 3.63) is 107 Å². The van der Waals surface area contributed by atoms with Crippen molar-refractivity contribution in [3.8, 4) is 0 Å². The Hall–Kier alpha value is -3.31. The highest BCUT2D eigenvalue weighted by molar-refractivity contribution is 8.18. The van der Waals surface area contributed by atoms with Crippen LogP contribution in [0.1, 0.15) is 23.6 Å². The Morgan fingerprint density at radius 3 is 2.60 bits per heavy atom. The van der Waals surface area contributed by atoms with Crippen LogP contribution >= 0.6 is 11.8 Å². The smallest absolute Gasteiger partial charge is 0.293 e. The van der Waals surface area contributed by atoms with Crippen molar-refractivity contribution in [1.29, 1.82) is 0 Å². The molecule has 2 amide bonds. The molecule has 1 aliphatic heterocycles. The Labute approximate surface area is 181 Å². The van der Waals surface area contributed by atoms with Crippen molar-refractivity contribution in [3.63, 3.8) is 0 Å². The number of carbonyl (C=O) groups is 2. The van der Waals surface area contributed by atoms with Gasteiger partial charge in [-0.2, -0.15) is 0 Å². The van der Waals surface area contributed by atoms with Crippen molar-refractivity contribution >= 4 is 34.6 Å². The average molecular weight is 418 g/mol. The number of methoxy groups -OCH3 is 1. The van der Waals surface area contributed by atoms with Gasteiger partial charge in [0.25, 0.3) is 11.1 Å². The number of allylic oxidation sites excluding steroid dienone is 5. The lowest BCUT2D eigenvalue weighted by molar-refractivity contribution is -0.123. The molecule has 2 aromatic carbocycles. The fourth-order valence-corrected chi connectivity index (χ4v) is 3.84. The number of hydrogen-bond donors (Lipinski definition) is 0. The summed E-state index contributed by atoms with van der Waals surface area (Å²) in [6, 6.07) is 17.4. The second kappa shape index (κ2) is 10.5. The lowest BCUT2D eigenvalue weighted by Gasteiger charge is -2.12. The van der Waals surface area contributed by atoms with Crippen LogP contribution in [0, 0.1) is 0 Å². The average Bonchev–Trinajstić information content (AvgIpc) is 3.02. The number of carbonyl (C=O) groups excluding carboxylic acids is 2. The number of thioether (sulfide) groups is 1. The van der Waals surface area contributed by atoms with Gasteiger partial charge in [0.05, 0.1) is 24.8 Å². The fraction of sp³-hybridized carbons (Fsp3) is 0.120. The molecule has 4 nitrogen and oxygen atoms in total. The first-order valence-electron chi connectivity index (χ1n) is 9.54. The van der Waals surface area contributed by atoms with Gasteiger partial charge in [0.15, 0.2) is 0 Å². The van der Waals surface area contributed by atoms with E-state index in [1.807, 2.05) is 85.8 Å². The van der Waals surface area contributed by atoms with Crippen LogP contribution in [0.3, 0.4) is 0 Å². The number of hydrogen-bond acceptors (Lipinski definition) is 4. The van der Waals surface area contributed by atoms with E-state index in [0.29, 0.717) is 4.91 Å². The maximum atomic E-state index is 12.8. The van der Waals surface area contributed by atoms with Gasteiger partial charge in [-0.05, 0) is 59.2 Å². The zero-order valence-electron chi connectivity index (χ0n) is 16.9. The van der Waals surface area contributed by atoms with E-state index in [1.165, 1.54) is 4.90 Å². The first-order chi connectivity index (χ1) is 14.6. The first-order valence-corrected chi connectivity index (χ1v) is 10.4. The molecule has 0 atom stereocenters. The maximum absolute atomic E-state index is 12.8. The molecule has 1 heterocycles. The molecular weight excluding hydrogens is 394 g/mol. The molecule has 0 saturated carbocycles. The second-order valence-corrected chi connectivity index (χ2v) is 7.54. The summed E-state index contributed by atoms with van der Waals surface area (Å²) in [5.74, 6) is -0.255. The summed E-state index contributed by atoms with van der Waals surface area (Å²) in [4.78, 5) is 26.9. The Kier molecular flexibility index (Phi) is 7.46. The van der Waals surface area contributed by atoms with Gasteiger partial charge in [0, 0.05) is 0 Å². The quantitative estimate of drug-likeness (QED) is 0.313. The Morgan fingerprint density at radius 1 is 1.07 bits per heavy atom. The molecule has 1 fully saturated rings. The summed E-state index contributed by atoms with van der Waals surface area (Å²) in [5, 5.41) is -0.242. The van der Waals surface area contributed by atoms with Gasteiger partial charge in [0.1, 0.15) is 0 Å². The molecule has 1 saturated heterocycles. The van der Waals surface area contributed by atoms with E-state index < -0.39 is 0 Å². The van der Waals surface area contributed by atoms with E-state index in [-0.39, 0.29) is 17.7 Å². The van der Waals surface area contributed by atoms with Crippen LogP contribution in [0.5, 0.6) is 0 Å². The highest BCUT2D eigenvalue weighted by Crippen LogP contribution is 2.33. The van der Waals surface area contributed by atoms with Crippen LogP contribution in [-0.2, 0) is 16.1 Å².